The number of benzene rings is 1. The SMILES string of the molecule is CCCS(=O)(=O)c1ccccc1NCCCCC(=O)O. The van der Waals surface area contributed by atoms with Gasteiger partial charge in [0.1, 0.15) is 0 Å². The van der Waals surface area contributed by atoms with Gasteiger partial charge in [-0.2, -0.15) is 0 Å². The first-order valence-corrected chi connectivity index (χ1v) is 8.40. The van der Waals surface area contributed by atoms with Gasteiger partial charge in [0.2, 0.25) is 0 Å². The van der Waals surface area contributed by atoms with Gasteiger partial charge in [-0.05, 0) is 31.4 Å². The lowest BCUT2D eigenvalue weighted by molar-refractivity contribution is -0.137. The van der Waals surface area contributed by atoms with Crippen LogP contribution in [0.3, 0.4) is 0 Å². The van der Waals surface area contributed by atoms with Crippen LogP contribution in [0.15, 0.2) is 29.2 Å². The standard InChI is InChI=1S/C14H21NO4S/c1-2-11-20(18,19)13-8-4-3-7-12(13)15-10-6-5-9-14(16)17/h3-4,7-8,15H,2,5-6,9-11H2,1H3,(H,16,17). The number of anilines is 1. The quantitative estimate of drug-likeness (QED) is 0.685. The van der Waals surface area contributed by atoms with E-state index in [0.717, 1.165) is 0 Å². The number of nitrogens with one attached hydrogen (secondary N) is 1. The summed E-state index contributed by atoms with van der Waals surface area (Å²) in [4.78, 5) is 10.7. The second-order valence-corrected chi connectivity index (χ2v) is 6.67. The maximum Gasteiger partial charge on any atom is 0.303 e. The highest BCUT2D eigenvalue weighted by Crippen LogP contribution is 2.22. The van der Waals surface area contributed by atoms with Gasteiger partial charge in [0.05, 0.1) is 16.3 Å². The summed E-state index contributed by atoms with van der Waals surface area (Å²) < 4.78 is 24.2. The zero-order valence-corrected chi connectivity index (χ0v) is 12.4. The van der Waals surface area contributed by atoms with Gasteiger partial charge >= 0.3 is 5.97 Å². The van der Waals surface area contributed by atoms with Crippen molar-refractivity contribution in [3.63, 3.8) is 0 Å². The van der Waals surface area contributed by atoms with Crippen LogP contribution in [-0.4, -0.2) is 31.8 Å². The number of hydrogen-bond acceptors (Lipinski definition) is 4. The molecule has 2 N–H and O–H groups in total. The summed E-state index contributed by atoms with van der Waals surface area (Å²) in [6.07, 6.45) is 1.98. The van der Waals surface area contributed by atoms with Crippen molar-refractivity contribution in [2.75, 3.05) is 17.6 Å². The fraction of sp³-hybridized carbons (Fsp3) is 0.500. The molecule has 5 nitrogen and oxygen atoms in total. The van der Waals surface area contributed by atoms with Gasteiger partial charge < -0.3 is 10.4 Å². The van der Waals surface area contributed by atoms with Crippen LogP contribution in [0, 0.1) is 0 Å². The van der Waals surface area contributed by atoms with E-state index in [-0.39, 0.29) is 12.2 Å². The molecule has 0 aromatic heterocycles. The molecule has 0 unspecified atom stereocenters. The molecule has 0 amide bonds. The topological polar surface area (TPSA) is 83.5 Å². The third-order valence-corrected chi connectivity index (χ3v) is 4.80. The maximum absolute atomic E-state index is 12.1. The number of carbonyl (C=O) groups is 1. The van der Waals surface area contributed by atoms with Crippen molar-refractivity contribution in [3.8, 4) is 0 Å². The molecular weight excluding hydrogens is 278 g/mol. The number of sulfone groups is 1. The molecule has 0 saturated heterocycles. The molecule has 0 bridgehead atoms. The van der Waals surface area contributed by atoms with E-state index in [9.17, 15) is 13.2 Å². The molecule has 0 spiro atoms. The van der Waals surface area contributed by atoms with E-state index in [2.05, 4.69) is 5.32 Å². The number of carboxylic acid groups (broad SMARTS) is 1. The van der Waals surface area contributed by atoms with E-state index < -0.39 is 15.8 Å². The summed E-state index contributed by atoms with van der Waals surface area (Å²) in [5.41, 5.74) is 0.594. The minimum atomic E-state index is -3.25. The Hall–Kier alpha value is -1.56. The predicted octanol–water partition coefficient (Wildman–Crippen LogP) is 2.54. The molecule has 0 aliphatic heterocycles. The minimum absolute atomic E-state index is 0.130. The molecule has 0 fully saturated rings. The zero-order valence-electron chi connectivity index (χ0n) is 11.6. The molecule has 112 valence electrons. The maximum atomic E-state index is 12.1. The van der Waals surface area contributed by atoms with E-state index >= 15 is 0 Å². The number of unbranched alkanes of at least 4 members (excludes halogenated alkanes) is 1. The first kappa shape index (κ1) is 16.5. The number of para-hydroxylation sites is 1. The van der Waals surface area contributed by atoms with E-state index in [1.807, 2.05) is 6.92 Å². The summed E-state index contributed by atoms with van der Waals surface area (Å²) >= 11 is 0. The predicted molar refractivity (Wildman–Crippen MR) is 78.8 cm³/mol. The Kier molecular flexibility index (Phi) is 6.51. The molecule has 0 aliphatic carbocycles. The highest BCUT2D eigenvalue weighted by atomic mass is 32.2. The fourth-order valence-electron chi connectivity index (χ4n) is 1.89. The Bertz CT molecular complexity index is 540. The normalized spacial score (nSPS) is 11.2. The summed E-state index contributed by atoms with van der Waals surface area (Å²) in [6, 6.07) is 6.83. The second kappa shape index (κ2) is 7.89. The third-order valence-electron chi connectivity index (χ3n) is 2.83. The van der Waals surface area contributed by atoms with Crippen LogP contribution in [0.4, 0.5) is 5.69 Å². The molecule has 0 saturated carbocycles. The van der Waals surface area contributed by atoms with Gasteiger partial charge in [-0.3, -0.25) is 4.79 Å². The van der Waals surface area contributed by atoms with Crippen LogP contribution in [0.5, 0.6) is 0 Å². The molecule has 20 heavy (non-hydrogen) atoms. The van der Waals surface area contributed by atoms with E-state index in [0.29, 0.717) is 36.4 Å². The van der Waals surface area contributed by atoms with Crippen LogP contribution in [0.1, 0.15) is 32.6 Å². The highest BCUT2D eigenvalue weighted by molar-refractivity contribution is 7.91. The second-order valence-electron chi connectivity index (χ2n) is 4.59. The summed E-state index contributed by atoms with van der Waals surface area (Å²) in [5, 5.41) is 11.6. The average molecular weight is 299 g/mol. The summed E-state index contributed by atoms with van der Waals surface area (Å²) in [7, 11) is -3.25. The van der Waals surface area contributed by atoms with Crippen LogP contribution in [0.2, 0.25) is 0 Å². The number of rotatable bonds is 9. The molecule has 0 aliphatic rings. The van der Waals surface area contributed by atoms with Crippen molar-refractivity contribution < 1.29 is 18.3 Å². The molecule has 0 heterocycles. The zero-order chi connectivity index (χ0) is 15.0. The van der Waals surface area contributed by atoms with Gasteiger partial charge in [-0.25, -0.2) is 8.42 Å². The lowest BCUT2D eigenvalue weighted by Crippen LogP contribution is -2.11. The van der Waals surface area contributed by atoms with Gasteiger partial charge in [-0.15, -0.1) is 0 Å². The Morgan fingerprint density at radius 1 is 1.25 bits per heavy atom. The highest BCUT2D eigenvalue weighted by Gasteiger charge is 2.16. The van der Waals surface area contributed by atoms with Crippen molar-refractivity contribution in [3.05, 3.63) is 24.3 Å². The summed E-state index contributed by atoms with van der Waals surface area (Å²) in [5.74, 6) is -0.680. The van der Waals surface area contributed by atoms with Crippen LogP contribution >= 0.6 is 0 Å². The van der Waals surface area contributed by atoms with Gasteiger partial charge in [-0.1, -0.05) is 19.1 Å². The molecule has 0 radical (unpaired) electrons. The Morgan fingerprint density at radius 3 is 2.60 bits per heavy atom. The minimum Gasteiger partial charge on any atom is -0.481 e. The van der Waals surface area contributed by atoms with Crippen LogP contribution in [0.25, 0.3) is 0 Å². The van der Waals surface area contributed by atoms with Crippen molar-refractivity contribution in [2.45, 2.75) is 37.5 Å². The van der Waals surface area contributed by atoms with E-state index in [1.54, 1.807) is 24.3 Å². The lowest BCUT2D eigenvalue weighted by atomic mass is 10.2. The monoisotopic (exact) mass is 299 g/mol. The van der Waals surface area contributed by atoms with Crippen molar-refractivity contribution >= 4 is 21.5 Å². The Labute approximate surface area is 119 Å². The lowest BCUT2D eigenvalue weighted by Gasteiger charge is -2.12. The molecule has 1 aromatic carbocycles. The summed E-state index contributed by atoms with van der Waals surface area (Å²) in [6.45, 7) is 2.39. The molecule has 1 rings (SSSR count). The first-order valence-electron chi connectivity index (χ1n) is 6.75. The van der Waals surface area contributed by atoms with E-state index in [4.69, 9.17) is 5.11 Å². The van der Waals surface area contributed by atoms with E-state index in [1.165, 1.54) is 0 Å². The third kappa shape index (κ3) is 5.21. The first-order chi connectivity index (χ1) is 9.47. The Morgan fingerprint density at radius 2 is 1.95 bits per heavy atom. The molecular formula is C14H21NO4S. The van der Waals surface area contributed by atoms with Crippen LogP contribution < -0.4 is 5.32 Å². The molecule has 0 atom stereocenters. The van der Waals surface area contributed by atoms with Crippen molar-refractivity contribution in [1.29, 1.82) is 0 Å². The Balaban J connectivity index is 2.65. The molecule has 1 aromatic rings. The smallest absolute Gasteiger partial charge is 0.303 e. The number of aliphatic carboxylic acids is 1. The number of hydrogen-bond donors (Lipinski definition) is 2. The largest absolute Gasteiger partial charge is 0.481 e. The van der Waals surface area contributed by atoms with Gasteiger partial charge in [0.25, 0.3) is 0 Å². The van der Waals surface area contributed by atoms with Gasteiger partial charge in [0, 0.05) is 13.0 Å². The average Bonchev–Trinajstić information content (AvgIpc) is 2.38. The number of carboxylic acids is 1. The van der Waals surface area contributed by atoms with Crippen LogP contribution in [-0.2, 0) is 14.6 Å². The van der Waals surface area contributed by atoms with Crippen molar-refractivity contribution in [1.82, 2.24) is 0 Å². The molecule has 6 heteroatoms. The van der Waals surface area contributed by atoms with Gasteiger partial charge in [0.15, 0.2) is 9.84 Å². The fourth-order valence-corrected chi connectivity index (χ4v) is 3.41. The van der Waals surface area contributed by atoms with Crippen molar-refractivity contribution in [2.24, 2.45) is 0 Å².